The fourth-order valence-corrected chi connectivity index (χ4v) is 5.58. The van der Waals surface area contributed by atoms with Gasteiger partial charge in [0.1, 0.15) is 11.5 Å². The van der Waals surface area contributed by atoms with Gasteiger partial charge in [-0.2, -0.15) is 0 Å². The number of hydrogen-bond donors (Lipinski definition) is 0. The van der Waals surface area contributed by atoms with Gasteiger partial charge in [0.05, 0.1) is 23.0 Å². The van der Waals surface area contributed by atoms with Crippen molar-refractivity contribution < 1.29 is 22.6 Å². The van der Waals surface area contributed by atoms with Gasteiger partial charge in [0.2, 0.25) is 0 Å². The maximum absolute atomic E-state index is 13.2. The Morgan fingerprint density at radius 2 is 1.93 bits per heavy atom. The summed E-state index contributed by atoms with van der Waals surface area (Å²) in [5.41, 5.74) is 0.174. The summed E-state index contributed by atoms with van der Waals surface area (Å²) >= 11 is 0. The second-order valence-electron chi connectivity index (χ2n) is 7.92. The molecule has 1 saturated heterocycles. The number of carbonyl (C=O) groups excluding carboxylic acids is 1. The molecule has 1 saturated carbocycles. The zero-order valence-electron chi connectivity index (χ0n) is 16.0. The van der Waals surface area contributed by atoms with Gasteiger partial charge in [0, 0.05) is 29.7 Å². The Kier molecular flexibility index (Phi) is 4.94. The molecule has 154 valence electrons. The van der Waals surface area contributed by atoms with Crippen molar-refractivity contribution in [3.05, 3.63) is 63.6 Å². The number of sulfone groups is 1. The highest BCUT2D eigenvalue weighted by atomic mass is 32.2. The van der Waals surface area contributed by atoms with E-state index >= 15 is 0 Å². The van der Waals surface area contributed by atoms with E-state index < -0.39 is 20.8 Å². The van der Waals surface area contributed by atoms with Crippen LogP contribution in [0.15, 0.2) is 40.8 Å². The van der Waals surface area contributed by atoms with Crippen LogP contribution in [0.5, 0.6) is 0 Å². The van der Waals surface area contributed by atoms with Crippen LogP contribution in [0, 0.1) is 16.0 Å². The van der Waals surface area contributed by atoms with Crippen molar-refractivity contribution in [2.75, 3.05) is 11.5 Å². The molecule has 2 fully saturated rings. The van der Waals surface area contributed by atoms with Gasteiger partial charge in [0.25, 0.3) is 11.6 Å². The summed E-state index contributed by atoms with van der Waals surface area (Å²) in [6.07, 6.45) is 1.45. The van der Waals surface area contributed by atoms with Gasteiger partial charge >= 0.3 is 0 Å². The molecule has 9 heteroatoms. The first kappa shape index (κ1) is 19.6. The number of benzene rings is 1. The third-order valence-corrected chi connectivity index (χ3v) is 7.47. The lowest BCUT2D eigenvalue weighted by Crippen LogP contribution is -2.40. The predicted molar refractivity (Wildman–Crippen MR) is 105 cm³/mol. The molecule has 1 aliphatic heterocycles. The second kappa shape index (κ2) is 7.29. The van der Waals surface area contributed by atoms with Crippen molar-refractivity contribution in [1.29, 1.82) is 0 Å². The van der Waals surface area contributed by atoms with E-state index in [-0.39, 0.29) is 35.2 Å². The molecule has 1 aliphatic carbocycles. The average molecular weight is 418 g/mol. The molecule has 1 aromatic carbocycles. The summed E-state index contributed by atoms with van der Waals surface area (Å²) < 4.78 is 29.9. The summed E-state index contributed by atoms with van der Waals surface area (Å²) in [6, 6.07) is 8.65. The van der Waals surface area contributed by atoms with E-state index in [9.17, 15) is 23.3 Å². The van der Waals surface area contributed by atoms with Gasteiger partial charge in [-0.3, -0.25) is 14.9 Å². The fourth-order valence-electron chi connectivity index (χ4n) is 3.84. The third kappa shape index (κ3) is 4.19. The quantitative estimate of drug-likeness (QED) is 0.526. The van der Waals surface area contributed by atoms with Crippen LogP contribution in [-0.4, -0.2) is 41.7 Å². The molecule has 0 radical (unpaired) electrons. The van der Waals surface area contributed by atoms with Crippen LogP contribution in [0.25, 0.3) is 0 Å². The SMILES string of the molecule is CC1CC1c1ccc(CN(C(=O)c2ccc([N+](=O)[O-])cc2)C2CCS(=O)(=O)C2)o1. The highest BCUT2D eigenvalue weighted by molar-refractivity contribution is 7.91. The predicted octanol–water partition coefficient (Wildman–Crippen LogP) is 3.14. The van der Waals surface area contributed by atoms with Gasteiger partial charge in [-0.15, -0.1) is 0 Å². The van der Waals surface area contributed by atoms with Crippen LogP contribution >= 0.6 is 0 Å². The lowest BCUT2D eigenvalue weighted by Gasteiger charge is -2.27. The van der Waals surface area contributed by atoms with Gasteiger partial charge in [-0.25, -0.2) is 8.42 Å². The molecule has 2 heterocycles. The second-order valence-corrected chi connectivity index (χ2v) is 10.1. The van der Waals surface area contributed by atoms with Gasteiger partial charge in [-0.05, 0) is 43.0 Å². The minimum absolute atomic E-state index is 0.0463. The van der Waals surface area contributed by atoms with Crippen LogP contribution in [-0.2, 0) is 16.4 Å². The molecule has 8 nitrogen and oxygen atoms in total. The van der Waals surface area contributed by atoms with Crippen LogP contribution in [0.3, 0.4) is 0 Å². The fraction of sp³-hybridized carbons (Fsp3) is 0.450. The number of furan rings is 1. The molecule has 3 unspecified atom stereocenters. The minimum Gasteiger partial charge on any atom is -0.464 e. The maximum atomic E-state index is 13.2. The summed E-state index contributed by atoms with van der Waals surface area (Å²) in [5.74, 6) is 2.11. The Morgan fingerprint density at radius 1 is 1.24 bits per heavy atom. The normalized spacial score (nSPS) is 24.9. The highest BCUT2D eigenvalue weighted by Gasteiger charge is 2.38. The largest absolute Gasteiger partial charge is 0.464 e. The van der Waals surface area contributed by atoms with Crippen LogP contribution in [0.2, 0.25) is 0 Å². The molecule has 0 N–H and O–H groups in total. The molecule has 29 heavy (non-hydrogen) atoms. The molecule has 1 amide bonds. The summed E-state index contributed by atoms with van der Waals surface area (Å²) in [5, 5.41) is 10.9. The molecule has 4 rings (SSSR count). The lowest BCUT2D eigenvalue weighted by molar-refractivity contribution is -0.384. The van der Waals surface area contributed by atoms with Crippen molar-refractivity contribution in [1.82, 2.24) is 4.90 Å². The van der Waals surface area contributed by atoms with Crippen molar-refractivity contribution in [2.45, 2.75) is 38.3 Å². The zero-order chi connectivity index (χ0) is 20.8. The molecule has 0 spiro atoms. The van der Waals surface area contributed by atoms with E-state index in [4.69, 9.17) is 4.42 Å². The summed E-state index contributed by atoms with van der Waals surface area (Å²) in [7, 11) is -3.19. The standard InChI is InChI=1S/C20H22N2O6S/c1-13-10-18(13)19-7-6-17(28-19)11-21(16-8-9-29(26,27)12-16)20(23)14-2-4-15(5-3-14)22(24)25/h2-7,13,16,18H,8-12H2,1H3. The van der Waals surface area contributed by atoms with Gasteiger partial charge < -0.3 is 9.32 Å². The van der Waals surface area contributed by atoms with Crippen LogP contribution < -0.4 is 0 Å². The average Bonchev–Trinajstić information content (AvgIpc) is 3.07. The maximum Gasteiger partial charge on any atom is 0.269 e. The summed E-state index contributed by atoms with van der Waals surface area (Å²) in [6.45, 7) is 2.32. The first-order valence-electron chi connectivity index (χ1n) is 9.58. The van der Waals surface area contributed by atoms with E-state index in [1.165, 1.54) is 29.2 Å². The molecule has 2 aliphatic rings. The highest BCUT2D eigenvalue weighted by Crippen LogP contribution is 2.47. The van der Waals surface area contributed by atoms with E-state index in [1.807, 2.05) is 12.1 Å². The minimum atomic E-state index is -3.19. The van der Waals surface area contributed by atoms with Crippen molar-refractivity contribution in [2.24, 2.45) is 5.92 Å². The van der Waals surface area contributed by atoms with Gasteiger partial charge in [-0.1, -0.05) is 6.92 Å². The molecular weight excluding hydrogens is 396 g/mol. The zero-order valence-corrected chi connectivity index (χ0v) is 16.8. The molecule has 3 atom stereocenters. The Hall–Kier alpha value is -2.68. The lowest BCUT2D eigenvalue weighted by atomic mass is 10.1. The van der Waals surface area contributed by atoms with Crippen LogP contribution in [0.1, 0.15) is 47.6 Å². The number of nitro groups is 1. The molecular formula is C20H22N2O6S. The molecule has 2 aromatic rings. The number of nitrogens with zero attached hydrogens (tertiary/aromatic N) is 2. The number of rotatable bonds is 6. The smallest absolute Gasteiger partial charge is 0.269 e. The number of amides is 1. The Labute approximate surface area is 168 Å². The van der Waals surface area contributed by atoms with Crippen molar-refractivity contribution >= 4 is 21.4 Å². The van der Waals surface area contributed by atoms with E-state index in [2.05, 4.69) is 6.92 Å². The Morgan fingerprint density at radius 3 is 2.48 bits per heavy atom. The first-order chi connectivity index (χ1) is 13.7. The first-order valence-corrected chi connectivity index (χ1v) is 11.4. The van der Waals surface area contributed by atoms with Gasteiger partial charge in [0.15, 0.2) is 9.84 Å². The third-order valence-electron chi connectivity index (χ3n) is 5.72. The Bertz CT molecular complexity index is 1040. The number of nitro benzene ring substituents is 1. The van der Waals surface area contributed by atoms with E-state index in [0.29, 0.717) is 24.0 Å². The van der Waals surface area contributed by atoms with E-state index in [0.717, 1.165) is 12.2 Å². The number of hydrogen-bond acceptors (Lipinski definition) is 6. The van der Waals surface area contributed by atoms with Crippen molar-refractivity contribution in [3.8, 4) is 0 Å². The molecule has 1 aromatic heterocycles. The van der Waals surface area contributed by atoms with Crippen molar-refractivity contribution in [3.63, 3.8) is 0 Å². The topological polar surface area (TPSA) is 111 Å². The number of carbonyl (C=O) groups is 1. The summed E-state index contributed by atoms with van der Waals surface area (Å²) in [4.78, 5) is 25.0. The van der Waals surface area contributed by atoms with Crippen LogP contribution in [0.4, 0.5) is 5.69 Å². The van der Waals surface area contributed by atoms with E-state index in [1.54, 1.807) is 0 Å². The molecule has 0 bridgehead atoms. The Balaban J connectivity index is 1.58. The number of non-ortho nitro benzene ring substituents is 1. The monoisotopic (exact) mass is 418 g/mol.